The van der Waals surface area contributed by atoms with Gasteiger partial charge in [0.25, 0.3) is 10.9 Å². The molecule has 0 aliphatic rings. The molecule has 1 aromatic heterocycles. The number of rotatable bonds is 7. The first kappa shape index (κ1) is 18.9. The van der Waals surface area contributed by atoms with Gasteiger partial charge in [0.15, 0.2) is 0 Å². The minimum Gasteiger partial charge on any atom is -0.502 e. The van der Waals surface area contributed by atoms with Gasteiger partial charge in [-0.25, -0.2) is 4.79 Å². The zero-order valence-electron chi connectivity index (χ0n) is 13.0. The van der Waals surface area contributed by atoms with Crippen LogP contribution >= 0.6 is 11.8 Å². The SMILES string of the molecule is CCc1nnc(S/C(=C\c2cc([N+](=O)[O-])cc([N+](=O)[O-])c2O)C(=O)O)o1. The Hall–Kier alpha value is -3.48. The number of thioether (sulfide) groups is 1. The van der Waals surface area contributed by atoms with E-state index in [1.807, 2.05) is 0 Å². The van der Waals surface area contributed by atoms with Crippen molar-refractivity contribution in [2.75, 3.05) is 0 Å². The van der Waals surface area contributed by atoms with E-state index in [9.17, 15) is 35.2 Å². The molecule has 1 heterocycles. The number of nitro benzene ring substituents is 2. The van der Waals surface area contributed by atoms with Crippen molar-refractivity contribution in [2.45, 2.75) is 18.6 Å². The van der Waals surface area contributed by atoms with Crippen LogP contribution in [0.1, 0.15) is 18.4 Å². The Morgan fingerprint density at radius 2 is 2.00 bits per heavy atom. The van der Waals surface area contributed by atoms with E-state index in [4.69, 9.17) is 4.42 Å². The fourth-order valence-corrected chi connectivity index (χ4v) is 2.45. The number of non-ortho nitro benzene ring substituents is 1. The van der Waals surface area contributed by atoms with Crippen molar-refractivity contribution in [2.24, 2.45) is 0 Å². The second-order valence-electron chi connectivity index (χ2n) is 4.65. The van der Waals surface area contributed by atoms with Crippen LogP contribution in [0, 0.1) is 20.2 Å². The minimum atomic E-state index is -1.46. The summed E-state index contributed by atoms with van der Waals surface area (Å²) in [5, 5.41) is 48.3. The lowest BCUT2D eigenvalue weighted by Crippen LogP contribution is -1.99. The van der Waals surface area contributed by atoms with Crippen LogP contribution in [0.2, 0.25) is 0 Å². The third-order valence-corrected chi connectivity index (χ3v) is 3.81. The second kappa shape index (κ2) is 7.60. The normalized spacial score (nSPS) is 11.3. The largest absolute Gasteiger partial charge is 0.502 e. The zero-order valence-corrected chi connectivity index (χ0v) is 13.8. The first-order valence-electron chi connectivity index (χ1n) is 6.84. The molecule has 0 saturated heterocycles. The Balaban J connectivity index is 2.53. The number of hydrogen-bond acceptors (Lipinski definition) is 10. The fourth-order valence-electron chi connectivity index (χ4n) is 1.77. The average Bonchev–Trinajstić information content (AvgIpc) is 3.02. The van der Waals surface area contributed by atoms with E-state index in [2.05, 4.69) is 10.2 Å². The topological polar surface area (TPSA) is 183 Å². The van der Waals surface area contributed by atoms with Crippen molar-refractivity contribution in [1.82, 2.24) is 10.2 Å². The number of benzene rings is 1. The molecule has 26 heavy (non-hydrogen) atoms. The molecular formula is C13H10N4O8S. The Labute approximate surface area is 148 Å². The maximum absolute atomic E-state index is 11.4. The molecule has 12 nitrogen and oxygen atoms in total. The Morgan fingerprint density at radius 1 is 1.31 bits per heavy atom. The van der Waals surface area contributed by atoms with Crippen LogP contribution in [0.5, 0.6) is 5.75 Å². The summed E-state index contributed by atoms with van der Waals surface area (Å²) in [6, 6.07) is 1.39. The van der Waals surface area contributed by atoms with E-state index in [1.165, 1.54) is 0 Å². The summed E-state index contributed by atoms with van der Waals surface area (Å²) in [5.74, 6) is -2.09. The summed E-state index contributed by atoms with van der Waals surface area (Å²) in [4.78, 5) is 30.9. The van der Waals surface area contributed by atoms with Crippen LogP contribution in [-0.2, 0) is 11.2 Å². The number of phenolic OH excluding ortho intramolecular Hbond substituents is 1. The van der Waals surface area contributed by atoms with Gasteiger partial charge < -0.3 is 14.6 Å². The number of nitro groups is 2. The average molecular weight is 382 g/mol. The number of carboxylic acid groups (broad SMARTS) is 1. The van der Waals surface area contributed by atoms with E-state index in [-0.39, 0.29) is 11.1 Å². The van der Waals surface area contributed by atoms with E-state index in [0.29, 0.717) is 24.2 Å². The molecule has 2 N–H and O–H groups in total. The minimum absolute atomic E-state index is 0.102. The highest BCUT2D eigenvalue weighted by Gasteiger charge is 2.24. The summed E-state index contributed by atoms with van der Waals surface area (Å²) in [6.45, 7) is 1.75. The Bertz CT molecular complexity index is 923. The summed E-state index contributed by atoms with van der Waals surface area (Å²) in [5.41, 5.74) is -2.01. The molecule has 0 amide bonds. The molecule has 13 heteroatoms. The molecule has 0 spiro atoms. The molecule has 0 unspecified atom stereocenters. The molecule has 0 atom stereocenters. The molecule has 0 aliphatic heterocycles. The predicted molar refractivity (Wildman–Crippen MR) is 86.6 cm³/mol. The van der Waals surface area contributed by atoms with Crippen LogP contribution in [0.3, 0.4) is 0 Å². The molecule has 0 bridgehead atoms. The van der Waals surface area contributed by atoms with Crippen molar-refractivity contribution in [3.8, 4) is 5.75 Å². The lowest BCUT2D eigenvalue weighted by molar-refractivity contribution is -0.394. The molecular weight excluding hydrogens is 372 g/mol. The van der Waals surface area contributed by atoms with Gasteiger partial charge in [0.05, 0.1) is 15.9 Å². The number of carbonyl (C=O) groups is 1. The summed E-state index contributed by atoms with van der Waals surface area (Å²) in [7, 11) is 0. The van der Waals surface area contributed by atoms with Gasteiger partial charge >= 0.3 is 11.7 Å². The maximum Gasteiger partial charge on any atom is 0.342 e. The number of hydrogen-bond donors (Lipinski definition) is 2. The van der Waals surface area contributed by atoms with Crippen LogP contribution in [-0.4, -0.2) is 36.2 Å². The highest BCUT2D eigenvalue weighted by molar-refractivity contribution is 8.03. The monoisotopic (exact) mass is 382 g/mol. The van der Waals surface area contributed by atoms with Gasteiger partial charge in [-0.1, -0.05) is 6.92 Å². The Morgan fingerprint density at radius 3 is 2.50 bits per heavy atom. The molecule has 0 saturated carbocycles. The van der Waals surface area contributed by atoms with Crippen molar-refractivity contribution in [3.05, 3.63) is 48.7 Å². The number of carboxylic acids is 1. The predicted octanol–water partition coefficient (Wildman–Crippen LogP) is 2.37. The Kier molecular flexibility index (Phi) is 5.51. The van der Waals surface area contributed by atoms with Crippen molar-refractivity contribution in [1.29, 1.82) is 0 Å². The van der Waals surface area contributed by atoms with Crippen molar-refractivity contribution < 1.29 is 29.3 Å². The molecule has 2 rings (SSSR count). The number of nitrogens with zero attached hydrogens (tertiary/aromatic N) is 4. The molecule has 136 valence electrons. The quantitative estimate of drug-likeness (QED) is 0.310. The highest BCUT2D eigenvalue weighted by Crippen LogP contribution is 2.37. The second-order valence-corrected chi connectivity index (χ2v) is 5.64. The third-order valence-electron chi connectivity index (χ3n) is 2.96. The highest BCUT2D eigenvalue weighted by atomic mass is 32.2. The zero-order chi connectivity index (χ0) is 19.4. The number of aromatic hydroxyl groups is 1. The lowest BCUT2D eigenvalue weighted by atomic mass is 10.1. The molecule has 0 aliphatic carbocycles. The molecule has 0 fully saturated rings. The lowest BCUT2D eigenvalue weighted by Gasteiger charge is -2.03. The summed E-state index contributed by atoms with van der Waals surface area (Å²) in [6.07, 6.45) is 1.27. The van der Waals surface area contributed by atoms with Gasteiger partial charge in [-0.15, -0.1) is 10.2 Å². The van der Waals surface area contributed by atoms with Crippen LogP contribution in [0.4, 0.5) is 11.4 Å². The fraction of sp³-hybridized carbons (Fsp3) is 0.154. The smallest absolute Gasteiger partial charge is 0.342 e. The van der Waals surface area contributed by atoms with Crippen molar-refractivity contribution in [3.63, 3.8) is 0 Å². The van der Waals surface area contributed by atoms with Crippen LogP contribution < -0.4 is 0 Å². The van der Waals surface area contributed by atoms with E-state index >= 15 is 0 Å². The van der Waals surface area contributed by atoms with Gasteiger partial charge in [0.2, 0.25) is 11.6 Å². The van der Waals surface area contributed by atoms with Crippen molar-refractivity contribution >= 4 is 35.2 Å². The van der Waals surface area contributed by atoms with Gasteiger partial charge in [-0.3, -0.25) is 20.2 Å². The van der Waals surface area contributed by atoms with E-state index in [1.54, 1.807) is 6.92 Å². The van der Waals surface area contributed by atoms with E-state index in [0.717, 1.165) is 12.1 Å². The maximum atomic E-state index is 11.4. The number of phenols is 1. The summed E-state index contributed by atoms with van der Waals surface area (Å²) >= 11 is 0.536. The van der Waals surface area contributed by atoms with Gasteiger partial charge in [0, 0.05) is 18.1 Å². The standard InChI is InChI=1S/C13H10N4O8S/c1-2-10-14-15-13(25-10)26-9(12(19)20)4-6-3-7(16(21)22)5-8(11(6)18)17(23)24/h3-5,18H,2H2,1H3,(H,19,20)/b9-4-. The number of aryl methyl sites for hydroxylation is 1. The van der Waals surface area contributed by atoms with Gasteiger partial charge in [-0.05, 0) is 17.8 Å². The van der Waals surface area contributed by atoms with E-state index < -0.39 is 43.4 Å². The number of aliphatic carboxylic acids is 1. The summed E-state index contributed by atoms with van der Waals surface area (Å²) < 4.78 is 5.16. The van der Waals surface area contributed by atoms with Gasteiger partial charge in [0.1, 0.15) is 4.91 Å². The number of aromatic nitrogens is 2. The van der Waals surface area contributed by atoms with Crippen LogP contribution in [0.25, 0.3) is 6.08 Å². The first-order valence-corrected chi connectivity index (χ1v) is 7.65. The van der Waals surface area contributed by atoms with Gasteiger partial charge in [-0.2, -0.15) is 0 Å². The molecule has 0 radical (unpaired) electrons. The van der Waals surface area contributed by atoms with Crippen LogP contribution in [0.15, 0.2) is 26.7 Å². The molecule has 2 aromatic rings. The first-order chi connectivity index (χ1) is 12.2. The third kappa shape index (κ3) is 4.13. The molecule has 1 aromatic carbocycles.